The summed E-state index contributed by atoms with van der Waals surface area (Å²) in [4.78, 5) is 40.3. The van der Waals surface area contributed by atoms with E-state index in [2.05, 4.69) is 4.98 Å². The third kappa shape index (κ3) is 6.45. The molecule has 1 heterocycles. The number of fused-ring (bicyclic) bond motifs is 1. The van der Waals surface area contributed by atoms with Crippen molar-refractivity contribution in [2.24, 2.45) is 0 Å². The third-order valence-electron chi connectivity index (χ3n) is 7.23. The Morgan fingerprint density at radius 3 is 2.14 bits per heavy atom. The molecule has 0 saturated heterocycles. The number of phenolic OH excluding ortho intramolecular Hbond substituents is 1. The summed E-state index contributed by atoms with van der Waals surface area (Å²) in [7, 11) is 0. The van der Waals surface area contributed by atoms with Gasteiger partial charge in [-0.25, -0.2) is 4.79 Å². The van der Waals surface area contributed by atoms with Crippen molar-refractivity contribution in [1.82, 2.24) is 4.98 Å². The first-order valence-corrected chi connectivity index (χ1v) is 14.4. The Morgan fingerprint density at radius 2 is 1.45 bits per heavy atom. The molecular formula is C35H30ClNO7. The largest absolute Gasteiger partial charge is 0.508 e. The normalized spacial score (nSPS) is 12.6. The summed E-state index contributed by atoms with van der Waals surface area (Å²) >= 11 is 6.63. The zero-order valence-corrected chi connectivity index (χ0v) is 25.0. The average Bonchev–Trinajstić information content (AvgIpc) is 2.96. The van der Waals surface area contributed by atoms with E-state index < -0.39 is 30.3 Å². The Bertz CT molecular complexity index is 1920. The first-order chi connectivity index (χ1) is 21.0. The Morgan fingerprint density at radius 1 is 0.773 bits per heavy atom. The second-order valence-corrected chi connectivity index (χ2v) is 11.1. The Kier molecular flexibility index (Phi) is 8.73. The van der Waals surface area contributed by atoms with Gasteiger partial charge in [-0.3, -0.25) is 9.59 Å². The molecule has 0 aliphatic rings. The first-order valence-electron chi connectivity index (χ1n) is 14.0. The summed E-state index contributed by atoms with van der Waals surface area (Å²) in [6, 6.07) is 26.6. The van der Waals surface area contributed by atoms with E-state index in [4.69, 9.17) is 21.1 Å². The molecule has 0 aliphatic heterocycles. The minimum Gasteiger partial charge on any atom is -0.507 e. The quantitative estimate of drug-likeness (QED) is 0.152. The van der Waals surface area contributed by atoms with E-state index in [9.17, 15) is 24.6 Å². The SMILES string of the molecule is CC(C)OC(=O)OC(C)C(C(=O)O)c1cccc(-c2cc3cc(-c4ccc(-c5ccccc5)c(O)c4)c(Cl)cc3[nH]c2=O)c1. The number of hydrogen-bond donors (Lipinski definition) is 3. The average molecular weight is 612 g/mol. The van der Waals surface area contributed by atoms with Crippen LogP contribution in [-0.2, 0) is 14.3 Å². The lowest BCUT2D eigenvalue weighted by atomic mass is 9.91. The van der Waals surface area contributed by atoms with E-state index in [1.165, 1.54) is 6.92 Å². The number of nitrogens with one attached hydrogen (secondary N) is 1. The highest BCUT2D eigenvalue weighted by atomic mass is 35.5. The number of pyridine rings is 1. The summed E-state index contributed by atoms with van der Waals surface area (Å²) in [5.41, 5.74) is 4.19. The van der Waals surface area contributed by atoms with Gasteiger partial charge in [0.05, 0.1) is 11.1 Å². The molecule has 0 radical (unpaired) electrons. The molecule has 0 fully saturated rings. The number of ether oxygens (including phenoxy) is 2. The molecule has 2 atom stereocenters. The number of aromatic hydroxyl groups is 1. The molecule has 3 N–H and O–H groups in total. The topological polar surface area (TPSA) is 126 Å². The van der Waals surface area contributed by atoms with Crippen molar-refractivity contribution in [3.8, 4) is 39.1 Å². The Balaban J connectivity index is 1.51. The highest BCUT2D eigenvalue weighted by molar-refractivity contribution is 6.34. The van der Waals surface area contributed by atoms with Gasteiger partial charge in [0.25, 0.3) is 5.56 Å². The molecule has 5 rings (SSSR count). The van der Waals surface area contributed by atoms with Crippen LogP contribution < -0.4 is 5.56 Å². The maximum atomic E-state index is 13.2. The second-order valence-electron chi connectivity index (χ2n) is 10.7. The van der Waals surface area contributed by atoms with Crippen LogP contribution in [-0.4, -0.2) is 39.5 Å². The van der Waals surface area contributed by atoms with Gasteiger partial charge < -0.3 is 24.7 Å². The number of H-pyrrole nitrogens is 1. The molecule has 224 valence electrons. The minimum atomic E-state index is -1.20. The van der Waals surface area contributed by atoms with Crippen LogP contribution in [0.4, 0.5) is 4.79 Å². The van der Waals surface area contributed by atoms with Crippen LogP contribution in [0.5, 0.6) is 5.75 Å². The maximum absolute atomic E-state index is 13.2. The number of carboxylic acids is 1. The van der Waals surface area contributed by atoms with E-state index in [1.807, 2.05) is 48.5 Å². The highest BCUT2D eigenvalue weighted by Crippen LogP contribution is 2.38. The number of aromatic nitrogens is 1. The fraction of sp³-hybridized carbons (Fsp3) is 0.171. The van der Waals surface area contributed by atoms with Crippen LogP contribution in [0.2, 0.25) is 5.02 Å². The standard InChI is InChI=1S/C35H30ClNO7/c1-19(2)43-35(42)44-20(3)32(34(40)41)24-11-7-10-22(14-24)28-16-25-15-27(29(36)18-30(25)37-33(28)39)23-12-13-26(31(38)17-23)21-8-5-4-6-9-21/h4-20,32,38H,1-3H3,(H,37,39)(H,40,41). The predicted molar refractivity (Wildman–Crippen MR) is 170 cm³/mol. The van der Waals surface area contributed by atoms with Crippen molar-refractivity contribution < 1.29 is 29.3 Å². The zero-order valence-electron chi connectivity index (χ0n) is 24.2. The summed E-state index contributed by atoms with van der Waals surface area (Å²) in [6.45, 7) is 4.80. The molecule has 0 bridgehead atoms. The van der Waals surface area contributed by atoms with Crippen molar-refractivity contribution in [1.29, 1.82) is 0 Å². The lowest BCUT2D eigenvalue weighted by molar-refractivity contribution is -0.141. The molecule has 44 heavy (non-hydrogen) atoms. The number of rotatable bonds is 8. The Labute approximate surface area is 258 Å². The first kappa shape index (κ1) is 30.4. The molecule has 1 aromatic heterocycles. The number of hydrogen-bond acceptors (Lipinski definition) is 6. The molecule has 9 heteroatoms. The number of carbonyl (C=O) groups excluding carboxylic acids is 1. The number of phenols is 1. The predicted octanol–water partition coefficient (Wildman–Crippen LogP) is 8.01. The molecular weight excluding hydrogens is 582 g/mol. The van der Waals surface area contributed by atoms with Crippen molar-refractivity contribution in [3.63, 3.8) is 0 Å². The molecule has 0 spiro atoms. The number of carbonyl (C=O) groups is 2. The monoisotopic (exact) mass is 611 g/mol. The smallest absolute Gasteiger partial charge is 0.507 e. The van der Waals surface area contributed by atoms with Crippen molar-refractivity contribution in [3.05, 3.63) is 112 Å². The Hall–Kier alpha value is -5.08. The van der Waals surface area contributed by atoms with Crippen LogP contribution >= 0.6 is 11.6 Å². The zero-order chi connectivity index (χ0) is 31.5. The van der Waals surface area contributed by atoms with E-state index in [0.29, 0.717) is 49.3 Å². The van der Waals surface area contributed by atoms with Gasteiger partial charge in [0.2, 0.25) is 0 Å². The number of halogens is 1. The molecule has 5 aromatic rings. The molecule has 4 aromatic carbocycles. The van der Waals surface area contributed by atoms with Gasteiger partial charge in [-0.15, -0.1) is 0 Å². The van der Waals surface area contributed by atoms with Gasteiger partial charge in [-0.05, 0) is 78.7 Å². The maximum Gasteiger partial charge on any atom is 0.508 e. The molecule has 2 unspecified atom stereocenters. The van der Waals surface area contributed by atoms with E-state index >= 15 is 0 Å². The van der Waals surface area contributed by atoms with Crippen molar-refractivity contribution in [2.75, 3.05) is 0 Å². The summed E-state index contributed by atoms with van der Waals surface area (Å²) in [6.07, 6.45) is -2.42. The molecule has 0 aliphatic carbocycles. The number of carboxylic acid groups (broad SMARTS) is 1. The van der Waals surface area contributed by atoms with Gasteiger partial charge in [0, 0.05) is 22.2 Å². The molecule has 0 amide bonds. The fourth-order valence-electron chi connectivity index (χ4n) is 5.18. The number of benzene rings is 4. The summed E-state index contributed by atoms with van der Waals surface area (Å²) in [5.74, 6) is -2.29. The van der Waals surface area contributed by atoms with Crippen LogP contribution in [0.1, 0.15) is 32.3 Å². The lowest BCUT2D eigenvalue weighted by Crippen LogP contribution is -2.29. The fourth-order valence-corrected chi connectivity index (χ4v) is 5.45. The van der Waals surface area contributed by atoms with Crippen molar-refractivity contribution >= 4 is 34.6 Å². The summed E-state index contributed by atoms with van der Waals surface area (Å²) < 4.78 is 10.2. The summed E-state index contributed by atoms with van der Waals surface area (Å²) in [5, 5.41) is 21.9. The van der Waals surface area contributed by atoms with Gasteiger partial charge in [-0.1, -0.05) is 72.3 Å². The molecule has 8 nitrogen and oxygen atoms in total. The van der Waals surface area contributed by atoms with Crippen molar-refractivity contribution in [2.45, 2.75) is 38.9 Å². The van der Waals surface area contributed by atoms with E-state index in [0.717, 1.165) is 5.56 Å². The number of aromatic amines is 1. The highest BCUT2D eigenvalue weighted by Gasteiger charge is 2.30. The van der Waals surface area contributed by atoms with Gasteiger partial charge in [-0.2, -0.15) is 0 Å². The molecule has 0 saturated carbocycles. The second kappa shape index (κ2) is 12.7. The third-order valence-corrected chi connectivity index (χ3v) is 7.54. The van der Waals surface area contributed by atoms with E-state index in [1.54, 1.807) is 56.3 Å². The van der Waals surface area contributed by atoms with Crippen LogP contribution in [0, 0.1) is 0 Å². The van der Waals surface area contributed by atoms with Crippen LogP contribution in [0.25, 0.3) is 44.3 Å². The van der Waals surface area contributed by atoms with Gasteiger partial charge in [0.1, 0.15) is 17.8 Å². The van der Waals surface area contributed by atoms with Crippen LogP contribution in [0.15, 0.2) is 95.8 Å². The van der Waals surface area contributed by atoms with Gasteiger partial charge >= 0.3 is 12.1 Å². The number of aliphatic carboxylic acids is 1. The van der Waals surface area contributed by atoms with E-state index in [-0.39, 0.29) is 11.3 Å². The lowest BCUT2D eigenvalue weighted by Gasteiger charge is -2.21. The van der Waals surface area contributed by atoms with Crippen LogP contribution in [0.3, 0.4) is 0 Å². The van der Waals surface area contributed by atoms with Gasteiger partial charge in [0.15, 0.2) is 0 Å². The minimum absolute atomic E-state index is 0.104.